The molecule has 0 heterocycles. The second-order valence-corrected chi connectivity index (χ2v) is 9.53. The molecule has 8 heteroatoms. The van der Waals surface area contributed by atoms with Crippen LogP contribution in [0.3, 0.4) is 0 Å². The normalized spacial score (nSPS) is 11.5. The molecule has 2 rings (SSSR count). The summed E-state index contributed by atoms with van der Waals surface area (Å²) < 4.78 is 35.3. The van der Waals surface area contributed by atoms with Gasteiger partial charge in [-0.3, -0.25) is 4.79 Å². The van der Waals surface area contributed by atoms with E-state index in [1.165, 1.54) is 13.2 Å². The molecule has 0 aliphatic rings. The number of nitrogens with one attached hydrogen (secondary N) is 1. The molecule has 2 aromatic rings. The molecule has 1 amide bonds. The number of ether oxygens (including phenoxy) is 2. The zero-order valence-electron chi connectivity index (χ0n) is 17.8. The predicted molar refractivity (Wildman–Crippen MR) is 124 cm³/mol. The lowest BCUT2D eigenvalue weighted by Gasteiger charge is -2.12. The van der Waals surface area contributed by atoms with Crippen LogP contribution in [-0.4, -0.2) is 40.3 Å². The van der Waals surface area contributed by atoms with Gasteiger partial charge in [0.2, 0.25) is 5.91 Å². The van der Waals surface area contributed by atoms with Gasteiger partial charge >= 0.3 is 0 Å². The van der Waals surface area contributed by atoms with Gasteiger partial charge in [-0.1, -0.05) is 48.9 Å². The lowest BCUT2D eigenvalue weighted by atomic mass is 10.2. The lowest BCUT2D eigenvalue weighted by Crippen LogP contribution is -2.24. The molecule has 2 aromatic carbocycles. The van der Waals surface area contributed by atoms with Gasteiger partial charge in [-0.15, -0.1) is 0 Å². The second kappa shape index (κ2) is 12.4. The summed E-state index contributed by atoms with van der Waals surface area (Å²) in [5, 5.41) is 3.09. The topological polar surface area (TPSA) is 81.7 Å². The first-order valence-corrected chi connectivity index (χ1v) is 12.2. The van der Waals surface area contributed by atoms with Crippen LogP contribution in [0.5, 0.6) is 11.5 Å². The van der Waals surface area contributed by atoms with Crippen LogP contribution in [0.4, 0.5) is 0 Å². The number of carbonyl (C=O) groups is 1. The van der Waals surface area contributed by atoms with E-state index >= 15 is 0 Å². The summed E-state index contributed by atoms with van der Waals surface area (Å²) in [6.45, 7) is 2.79. The maximum Gasteiger partial charge on any atom is 0.243 e. The molecular weight excluding hydrogens is 438 g/mol. The Balaban J connectivity index is 1.83. The third-order valence-corrected chi connectivity index (χ3v) is 6.25. The molecule has 6 nitrogen and oxygen atoms in total. The first kappa shape index (κ1) is 24.8. The SMILES string of the molecule is CCCOc1c(Cl)cc(C=CC(=O)NCCCS(=O)(=O)Cc2ccccc2)cc1OC. The summed E-state index contributed by atoms with van der Waals surface area (Å²) in [6, 6.07) is 12.5. The number of benzene rings is 2. The van der Waals surface area contributed by atoms with Crippen molar-refractivity contribution in [3.8, 4) is 11.5 Å². The highest BCUT2D eigenvalue weighted by atomic mass is 35.5. The zero-order chi connectivity index (χ0) is 22.7. The van der Waals surface area contributed by atoms with E-state index in [0.717, 1.165) is 12.0 Å². The first-order chi connectivity index (χ1) is 14.8. The minimum absolute atomic E-state index is 0.00223. The number of hydrogen-bond donors (Lipinski definition) is 1. The molecule has 0 saturated carbocycles. The number of hydrogen-bond acceptors (Lipinski definition) is 5. The highest BCUT2D eigenvalue weighted by Crippen LogP contribution is 2.36. The molecule has 0 aliphatic heterocycles. The Labute approximate surface area is 189 Å². The molecule has 31 heavy (non-hydrogen) atoms. The van der Waals surface area contributed by atoms with Crippen LogP contribution in [0, 0.1) is 0 Å². The number of halogens is 1. The van der Waals surface area contributed by atoms with Gasteiger partial charge in [0.25, 0.3) is 0 Å². The average molecular weight is 466 g/mol. The fourth-order valence-electron chi connectivity index (χ4n) is 2.82. The zero-order valence-corrected chi connectivity index (χ0v) is 19.3. The monoisotopic (exact) mass is 465 g/mol. The Morgan fingerprint density at radius 3 is 2.61 bits per heavy atom. The van der Waals surface area contributed by atoms with Crippen LogP contribution < -0.4 is 14.8 Å². The molecule has 0 fully saturated rings. The van der Waals surface area contributed by atoms with E-state index in [4.69, 9.17) is 21.1 Å². The van der Waals surface area contributed by atoms with E-state index in [2.05, 4.69) is 5.32 Å². The quantitative estimate of drug-likeness (QED) is 0.374. The molecule has 168 valence electrons. The molecule has 0 radical (unpaired) electrons. The summed E-state index contributed by atoms with van der Waals surface area (Å²) in [5.41, 5.74) is 1.45. The number of rotatable bonds is 12. The third-order valence-electron chi connectivity index (χ3n) is 4.29. The molecule has 0 atom stereocenters. The Morgan fingerprint density at radius 1 is 1.19 bits per heavy atom. The van der Waals surface area contributed by atoms with Crippen molar-refractivity contribution in [2.75, 3.05) is 26.0 Å². The second-order valence-electron chi connectivity index (χ2n) is 6.94. The summed E-state index contributed by atoms with van der Waals surface area (Å²) in [4.78, 5) is 12.0. The van der Waals surface area contributed by atoms with Gasteiger partial charge in [-0.05, 0) is 42.2 Å². The van der Waals surface area contributed by atoms with Gasteiger partial charge in [0, 0.05) is 12.6 Å². The van der Waals surface area contributed by atoms with Crippen molar-refractivity contribution in [1.29, 1.82) is 0 Å². The summed E-state index contributed by atoms with van der Waals surface area (Å²) in [7, 11) is -1.70. The summed E-state index contributed by atoms with van der Waals surface area (Å²) >= 11 is 6.27. The van der Waals surface area contributed by atoms with Gasteiger partial charge in [-0.25, -0.2) is 8.42 Å². The van der Waals surface area contributed by atoms with E-state index in [0.29, 0.717) is 35.1 Å². The minimum Gasteiger partial charge on any atom is -0.493 e. The fourth-order valence-corrected chi connectivity index (χ4v) is 4.52. The predicted octanol–water partition coefficient (Wildman–Crippen LogP) is 4.27. The van der Waals surface area contributed by atoms with Crippen molar-refractivity contribution in [1.82, 2.24) is 5.32 Å². The summed E-state index contributed by atoms with van der Waals surface area (Å²) in [6.07, 6.45) is 4.17. The number of sulfone groups is 1. The van der Waals surface area contributed by atoms with Gasteiger partial charge in [0.1, 0.15) is 0 Å². The number of amides is 1. The van der Waals surface area contributed by atoms with Crippen LogP contribution in [0.15, 0.2) is 48.5 Å². The van der Waals surface area contributed by atoms with Crippen molar-refractivity contribution < 1.29 is 22.7 Å². The smallest absolute Gasteiger partial charge is 0.243 e. The molecule has 0 aliphatic carbocycles. The van der Waals surface area contributed by atoms with Gasteiger partial charge in [0.15, 0.2) is 21.3 Å². The molecule has 0 saturated heterocycles. The first-order valence-electron chi connectivity index (χ1n) is 10.0. The highest BCUT2D eigenvalue weighted by molar-refractivity contribution is 7.90. The maximum atomic E-state index is 12.2. The lowest BCUT2D eigenvalue weighted by molar-refractivity contribution is -0.116. The Hall–Kier alpha value is -2.51. The van der Waals surface area contributed by atoms with Crippen LogP contribution >= 0.6 is 11.6 Å². The van der Waals surface area contributed by atoms with E-state index in [1.807, 2.05) is 25.1 Å². The number of methoxy groups -OCH3 is 1. The largest absolute Gasteiger partial charge is 0.493 e. The van der Waals surface area contributed by atoms with E-state index in [-0.39, 0.29) is 24.0 Å². The third kappa shape index (κ3) is 8.63. The van der Waals surface area contributed by atoms with Crippen molar-refractivity contribution in [2.45, 2.75) is 25.5 Å². The highest BCUT2D eigenvalue weighted by Gasteiger charge is 2.12. The molecule has 0 aromatic heterocycles. The molecule has 1 N–H and O–H groups in total. The van der Waals surface area contributed by atoms with E-state index in [1.54, 1.807) is 30.3 Å². The molecular formula is C23H28ClNO5S. The Morgan fingerprint density at radius 2 is 1.94 bits per heavy atom. The van der Waals surface area contributed by atoms with Crippen LogP contribution in [0.25, 0.3) is 6.08 Å². The molecule has 0 spiro atoms. The maximum absolute atomic E-state index is 12.2. The van der Waals surface area contributed by atoms with Gasteiger partial charge in [0.05, 0.1) is 30.2 Å². The fraction of sp³-hybridized carbons (Fsp3) is 0.348. The van der Waals surface area contributed by atoms with Crippen molar-refractivity contribution >= 4 is 33.4 Å². The van der Waals surface area contributed by atoms with Crippen LogP contribution in [-0.2, 0) is 20.4 Å². The van der Waals surface area contributed by atoms with E-state index in [9.17, 15) is 13.2 Å². The molecule has 0 unspecified atom stereocenters. The Bertz CT molecular complexity index is 991. The van der Waals surface area contributed by atoms with Crippen molar-refractivity contribution in [3.05, 3.63) is 64.7 Å². The average Bonchev–Trinajstić information content (AvgIpc) is 2.74. The van der Waals surface area contributed by atoms with Crippen molar-refractivity contribution in [3.63, 3.8) is 0 Å². The van der Waals surface area contributed by atoms with Crippen molar-refractivity contribution in [2.24, 2.45) is 0 Å². The standard InChI is InChI=1S/C23H28ClNO5S/c1-3-13-30-23-20(24)15-19(16-21(23)29-2)10-11-22(26)25-12-7-14-31(27,28)17-18-8-5-4-6-9-18/h4-6,8-11,15-16H,3,7,12-14,17H2,1-2H3,(H,25,26). The van der Waals surface area contributed by atoms with Crippen LogP contribution in [0.1, 0.15) is 30.9 Å². The minimum atomic E-state index is -3.22. The number of carbonyl (C=O) groups excluding carboxylic acids is 1. The van der Waals surface area contributed by atoms with Gasteiger partial charge in [-0.2, -0.15) is 0 Å². The Kier molecular flexibility index (Phi) is 9.88. The molecule has 0 bridgehead atoms. The van der Waals surface area contributed by atoms with Crippen LogP contribution in [0.2, 0.25) is 5.02 Å². The summed E-state index contributed by atoms with van der Waals surface area (Å²) in [5.74, 6) is 0.663. The van der Waals surface area contributed by atoms with Gasteiger partial charge < -0.3 is 14.8 Å². The van der Waals surface area contributed by atoms with E-state index < -0.39 is 9.84 Å².